The Morgan fingerprint density at radius 2 is 1.92 bits per heavy atom. The minimum atomic E-state index is 0.0677. The van der Waals surface area contributed by atoms with Crippen LogP contribution in [0, 0.1) is 27.9 Å². The van der Waals surface area contributed by atoms with E-state index in [0.717, 1.165) is 36.4 Å². The Labute approximate surface area is 155 Å². The van der Waals surface area contributed by atoms with Crippen molar-refractivity contribution in [1.82, 2.24) is 20.1 Å². The number of hydrogen-bond donors (Lipinski definition) is 2. The van der Waals surface area contributed by atoms with E-state index in [4.69, 9.17) is 12.2 Å². The third-order valence-electron chi connectivity index (χ3n) is 6.99. The Balaban J connectivity index is 1.43. The number of aromatic nitrogens is 3. The molecule has 5 nitrogen and oxygen atoms in total. The highest BCUT2D eigenvalue weighted by Gasteiger charge is 2.53. The van der Waals surface area contributed by atoms with Crippen molar-refractivity contribution in [2.24, 2.45) is 23.2 Å². The van der Waals surface area contributed by atoms with Crippen LogP contribution in [0.5, 0.6) is 0 Å². The lowest BCUT2D eigenvalue weighted by molar-refractivity contribution is -0.126. The molecule has 1 aromatic heterocycles. The van der Waals surface area contributed by atoms with Gasteiger partial charge in [-0.25, -0.2) is 0 Å². The molecule has 1 unspecified atom stereocenters. The molecule has 4 aliphatic rings. The van der Waals surface area contributed by atoms with Crippen LogP contribution in [0.2, 0.25) is 0 Å². The number of carbonyl (C=O) groups is 1. The van der Waals surface area contributed by atoms with Gasteiger partial charge >= 0.3 is 0 Å². The zero-order valence-corrected chi connectivity index (χ0v) is 16.2. The molecule has 4 bridgehead atoms. The second-order valence-corrected chi connectivity index (χ2v) is 9.24. The van der Waals surface area contributed by atoms with Crippen LogP contribution in [0.25, 0.3) is 0 Å². The van der Waals surface area contributed by atoms with Gasteiger partial charge in [-0.1, -0.05) is 6.92 Å². The van der Waals surface area contributed by atoms with Gasteiger partial charge in [0.15, 0.2) is 4.77 Å². The minimum absolute atomic E-state index is 0.0677. The zero-order chi connectivity index (χ0) is 17.6. The lowest BCUT2D eigenvalue weighted by atomic mass is 9.48. The molecule has 0 aliphatic heterocycles. The number of carbonyl (C=O) groups excluding carboxylic acids is 1. The zero-order valence-electron chi connectivity index (χ0n) is 15.4. The third-order valence-corrected chi connectivity index (χ3v) is 7.31. The first-order valence-corrected chi connectivity index (χ1v) is 10.3. The normalized spacial score (nSPS) is 34.2. The highest BCUT2D eigenvalue weighted by molar-refractivity contribution is 7.71. The van der Waals surface area contributed by atoms with Gasteiger partial charge in [0.1, 0.15) is 12.4 Å². The quantitative estimate of drug-likeness (QED) is 0.760. The number of amides is 1. The van der Waals surface area contributed by atoms with Crippen molar-refractivity contribution in [3.05, 3.63) is 10.6 Å². The predicted molar refractivity (Wildman–Crippen MR) is 99.6 cm³/mol. The Bertz CT molecular complexity index is 671. The number of rotatable bonds is 6. The fourth-order valence-corrected chi connectivity index (χ4v) is 6.44. The highest BCUT2D eigenvalue weighted by atomic mass is 32.1. The summed E-state index contributed by atoms with van der Waals surface area (Å²) in [5.41, 5.74) is 0.342. The molecule has 5 rings (SSSR count). The standard InChI is InChI=1S/C19H30N4OS/c1-3-4-16-21-22-18(25)23(16)11-17(24)20-12(2)19-8-13-5-14(9-19)7-15(6-13)10-19/h12-15H,3-11H2,1-2H3,(H,20,24)(H,22,25). The maximum absolute atomic E-state index is 12.7. The second-order valence-electron chi connectivity index (χ2n) is 8.85. The van der Waals surface area contributed by atoms with Crippen LogP contribution in [-0.4, -0.2) is 26.7 Å². The molecular formula is C19H30N4OS. The predicted octanol–water partition coefficient (Wildman–Crippen LogP) is 3.61. The number of aryl methyl sites for hydroxylation is 1. The first kappa shape index (κ1) is 17.3. The van der Waals surface area contributed by atoms with E-state index in [2.05, 4.69) is 29.4 Å². The molecule has 1 aromatic rings. The van der Waals surface area contributed by atoms with E-state index in [0.29, 0.717) is 10.2 Å². The fourth-order valence-electron chi connectivity index (χ4n) is 6.22. The van der Waals surface area contributed by atoms with Crippen molar-refractivity contribution in [1.29, 1.82) is 0 Å². The van der Waals surface area contributed by atoms with Gasteiger partial charge in [-0.3, -0.25) is 14.5 Å². The molecule has 6 heteroatoms. The van der Waals surface area contributed by atoms with Crippen LogP contribution < -0.4 is 5.32 Å². The third kappa shape index (κ3) is 3.18. The average molecular weight is 363 g/mol. The molecule has 1 amide bonds. The largest absolute Gasteiger partial charge is 0.352 e. The number of hydrogen-bond acceptors (Lipinski definition) is 3. The summed E-state index contributed by atoms with van der Waals surface area (Å²) >= 11 is 5.30. The summed E-state index contributed by atoms with van der Waals surface area (Å²) in [6, 6.07) is 0.254. The molecule has 0 radical (unpaired) electrons. The molecule has 25 heavy (non-hydrogen) atoms. The summed E-state index contributed by atoms with van der Waals surface area (Å²) in [6.07, 6.45) is 10.1. The molecule has 1 atom stereocenters. The van der Waals surface area contributed by atoms with E-state index in [1.54, 1.807) is 0 Å². The van der Waals surface area contributed by atoms with E-state index >= 15 is 0 Å². The van der Waals surface area contributed by atoms with Gasteiger partial charge in [0.05, 0.1) is 0 Å². The van der Waals surface area contributed by atoms with Crippen molar-refractivity contribution in [2.45, 2.75) is 77.8 Å². The molecule has 1 heterocycles. The van der Waals surface area contributed by atoms with E-state index < -0.39 is 0 Å². The van der Waals surface area contributed by atoms with Crippen LogP contribution in [0.3, 0.4) is 0 Å². The fraction of sp³-hybridized carbons (Fsp3) is 0.842. The van der Waals surface area contributed by atoms with Gasteiger partial charge < -0.3 is 5.32 Å². The summed E-state index contributed by atoms with van der Waals surface area (Å²) in [5.74, 6) is 3.67. The Hall–Kier alpha value is -1.17. The summed E-state index contributed by atoms with van der Waals surface area (Å²) in [7, 11) is 0. The van der Waals surface area contributed by atoms with Gasteiger partial charge in [-0.05, 0) is 87.3 Å². The number of H-pyrrole nitrogens is 1. The van der Waals surface area contributed by atoms with Crippen molar-refractivity contribution in [3.63, 3.8) is 0 Å². The first-order valence-electron chi connectivity index (χ1n) is 9.92. The van der Waals surface area contributed by atoms with Gasteiger partial charge in [0, 0.05) is 12.5 Å². The lowest BCUT2D eigenvalue weighted by Gasteiger charge is -2.59. The topological polar surface area (TPSA) is 62.7 Å². The molecule has 2 N–H and O–H groups in total. The van der Waals surface area contributed by atoms with E-state index in [1.807, 2.05) is 4.57 Å². The van der Waals surface area contributed by atoms with E-state index in [1.165, 1.54) is 38.5 Å². The molecule has 4 fully saturated rings. The summed E-state index contributed by atoms with van der Waals surface area (Å²) < 4.78 is 2.39. The van der Waals surface area contributed by atoms with Crippen LogP contribution in [0.15, 0.2) is 0 Å². The second kappa shape index (κ2) is 6.53. The number of nitrogens with one attached hydrogen (secondary N) is 2. The highest BCUT2D eigenvalue weighted by Crippen LogP contribution is 2.61. The maximum Gasteiger partial charge on any atom is 0.240 e. The monoisotopic (exact) mass is 362 g/mol. The van der Waals surface area contributed by atoms with Crippen LogP contribution in [0.4, 0.5) is 0 Å². The Kier molecular flexibility index (Phi) is 4.50. The van der Waals surface area contributed by atoms with Crippen molar-refractivity contribution in [2.75, 3.05) is 0 Å². The molecule has 4 aliphatic carbocycles. The van der Waals surface area contributed by atoms with E-state index in [9.17, 15) is 4.79 Å². The SMILES string of the molecule is CCCc1n[nH]c(=S)n1CC(=O)NC(C)C12CC3CC(CC(C3)C1)C2. The first-order chi connectivity index (χ1) is 12.0. The Morgan fingerprint density at radius 1 is 1.32 bits per heavy atom. The number of nitrogens with zero attached hydrogens (tertiary/aromatic N) is 2. The van der Waals surface area contributed by atoms with Crippen LogP contribution in [-0.2, 0) is 17.8 Å². The molecule has 0 aromatic carbocycles. The molecular weight excluding hydrogens is 332 g/mol. The lowest BCUT2D eigenvalue weighted by Crippen LogP contribution is -2.56. The smallest absolute Gasteiger partial charge is 0.240 e. The van der Waals surface area contributed by atoms with Gasteiger partial charge in [-0.2, -0.15) is 5.10 Å². The van der Waals surface area contributed by atoms with Crippen LogP contribution >= 0.6 is 12.2 Å². The van der Waals surface area contributed by atoms with Crippen LogP contribution in [0.1, 0.15) is 64.6 Å². The summed E-state index contributed by atoms with van der Waals surface area (Å²) in [4.78, 5) is 12.7. The molecule has 0 spiro atoms. The van der Waals surface area contributed by atoms with Gasteiger partial charge in [-0.15, -0.1) is 0 Å². The van der Waals surface area contributed by atoms with Gasteiger partial charge in [0.2, 0.25) is 5.91 Å². The van der Waals surface area contributed by atoms with Crippen molar-refractivity contribution < 1.29 is 4.79 Å². The summed E-state index contributed by atoms with van der Waals surface area (Å²) in [5, 5.41) is 10.4. The number of aromatic amines is 1. The van der Waals surface area contributed by atoms with Crippen molar-refractivity contribution in [3.8, 4) is 0 Å². The molecule has 4 saturated carbocycles. The van der Waals surface area contributed by atoms with Gasteiger partial charge in [0.25, 0.3) is 0 Å². The van der Waals surface area contributed by atoms with Crippen molar-refractivity contribution >= 4 is 18.1 Å². The minimum Gasteiger partial charge on any atom is -0.352 e. The molecule has 138 valence electrons. The van der Waals surface area contributed by atoms with E-state index in [-0.39, 0.29) is 18.5 Å². The average Bonchev–Trinajstić information content (AvgIpc) is 2.87. The maximum atomic E-state index is 12.7. The molecule has 0 saturated heterocycles. The Morgan fingerprint density at radius 3 is 2.48 bits per heavy atom. The summed E-state index contributed by atoms with van der Waals surface area (Å²) in [6.45, 7) is 4.62.